The summed E-state index contributed by atoms with van der Waals surface area (Å²) in [5.41, 5.74) is 8.21. The highest BCUT2D eigenvalue weighted by Crippen LogP contribution is 2.32. The van der Waals surface area contributed by atoms with Crippen molar-refractivity contribution < 1.29 is 4.74 Å². The molecule has 2 heteroatoms. The number of nitrogens with zero attached hydrogens (tertiary/aromatic N) is 1. The number of hydrogen-bond donors (Lipinski definition) is 0. The van der Waals surface area contributed by atoms with Gasteiger partial charge in [-0.3, -0.25) is 0 Å². The molecule has 0 saturated heterocycles. The van der Waals surface area contributed by atoms with Crippen LogP contribution in [-0.2, 0) is 4.74 Å². The zero-order chi connectivity index (χ0) is 22.1. The second-order valence-corrected chi connectivity index (χ2v) is 9.20. The lowest BCUT2D eigenvalue weighted by molar-refractivity contribution is 0.124. The fourth-order valence-corrected chi connectivity index (χ4v) is 4.74. The molecular formula is C29H41NO. The average Bonchev–Trinajstić information content (AvgIpc) is 2.72. The van der Waals surface area contributed by atoms with Crippen LogP contribution >= 0.6 is 0 Å². The molecule has 0 amide bonds. The first-order valence-corrected chi connectivity index (χ1v) is 12.2. The van der Waals surface area contributed by atoms with E-state index < -0.39 is 0 Å². The van der Waals surface area contributed by atoms with E-state index in [1.165, 1.54) is 73.0 Å². The molecule has 0 bridgehead atoms. The molecule has 1 atom stereocenters. The lowest BCUT2D eigenvalue weighted by Gasteiger charge is -2.29. The molecule has 0 aromatic heterocycles. The molecule has 31 heavy (non-hydrogen) atoms. The fraction of sp³-hybridized carbons (Fsp3) is 0.517. The normalized spacial score (nSPS) is 14.3. The number of benzene rings is 2. The van der Waals surface area contributed by atoms with Crippen LogP contribution in [0.5, 0.6) is 0 Å². The maximum Gasteiger partial charge on any atom is 0.0645 e. The summed E-state index contributed by atoms with van der Waals surface area (Å²) in [7, 11) is 0. The SMILES string of the molecule is CCC(CCC=C1CCC1)CCOCCN(c1ccccc1)c1c(C)cc(C)cc1C. The van der Waals surface area contributed by atoms with E-state index >= 15 is 0 Å². The van der Waals surface area contributed by atoms with Gasteiger partial charge in [0.15, 0.2) is 0 Å². The molecule has 2 nitrogen and oxygen atoms in total. The van der Waals surface area contributed by atoms with Crippen molar-refractivity contribution in [2.45, 2.75) is 72.6 Å². The second kappa shape index (κ2) is 12.1. The molecule has 0 heterocycles. The molecule has 0 radical (unpaired) electrons. The van der Waals surface area contributed by atoms with Crippen LogP contribution in [0.3, 0.4) is 0 Å². The highest BCUT2D eigenvalue weighted by Gasteiger charge is 2.15. The van der Waals surface area contributed by atoms with Crippen molar-refractivity contribution in [1.82, 2.24) is 0 Å². The molecule has 1 unspecified atom stereocenters. The van der Waals surface area contributed by atoms with Crippen LogP contribution in [0.25, 0.3) is 0 Å². The van der Waals surface area contributed by atoms with Gasteiger partial charge in [0.1, 0.15) is 0 Å². The molecule has 2 aromatic carbocycles. The van der Waals surface area contributed by atoms with Gasteiger partial charge < -0.3 is 9.64 Å². The summed E-state index contributed by atoms with van der Waals surface area (Å²) < 4.78 is 6.15. The van der Waals surface area contributed by atoms with Crippen LogP contribution in [0, 0.1) is 26.7 Å². The molecule has 2 aromatic rings. The quantitative estimate of drug-likeness (QED) is 0.255. The Morgan fingerprint density at radius 2 is 1.68 bits per heavy atom. The standard InChI is InChI=1S/C29H41NO/c1-5-26(11-9-12-27-13-10-14-27)17-19-31-20-18-30(28-15-7-6-8-16-28)29-24(3)21-23(2)22-25(29)4/h6-8,12,15-16,21-22,26H,5,9-11,13-14,17-20H2,1-4H3. The minimum atomic E-state index is 0.752. The Hall–Kier alpha value is -2.06. The van der Waals surface area contributed by atoms with Crippen LogP contribution in [0.2, 0.25) is 0 Å². The summed E-state index contributed by atoms with van der Waals surface area (Å²) in [4.78, 5) is 2.42. The number of hydrogen-bond acceptors (Lipinski definition) is 2. The van der Waals surface area contributed by atoms with Gasteiger partial charge in [-0.05, 0) is 88.5 Å². The summed E-state index contributed by atoms with van der Waals surface area (Å²) >= 11 is 0. The van der Waals surface area contributed by atoms with Gasteiger partial charge in [0.2, 0.25) is 0 Å². The van der Waals surface area contributed by atoms with Gasteiger partial charge in [0.05, 0.1) is 6.61 Å². The van der Waals surface area contributed by atoms with Gasteiger partial charge in [-0.2, -0.15) is 0 Å². The van der Waals surface area contributed by atoms with E-state index in [9.17, 15) is 0 Å². The minimum absolute atomic E-state index is 0.752. The first kappa shape index (κ1) is 23.6. The Bertz CT molecular complexity index is 810. The van der Waals surface area contributed by atoms with Gasteiger partial charge in [-0.1, -0.05) is 60.9 Å². The number of anilines is 2. The van der Waals surface area contributed by atoms with E-state index in [0.717, 1.165) is 25.7 Å². The smallest absolute Gasteiger partial charge is 0.0645 e. The molecule has 0 N–H and O–H groups in total. The minimum Gasteiger partial charge on any atom is -0.380 e. The van der Waals surface area contributed by atoms with E-state index in [1.807, 2.05) is 0 Å². The number of ether oxygens (including phenoxy) is 1. The topological polar surface area (TPSA) is 12.5 Å². The van der Waals surface area contributed by atoms with Crippen molar-refractivity contribution in [1.29, 1.82) is 0 Å². The Morgan fingerprint density at radius 3 is 2.29 bits per heavy atom. The first-order chi connectivity index (χ1) is 15.1. The summed E-state index contributed by atoms with van der Waals surface area (Å²) in [6.07, 6.45) is 11.6. The van der Waals surface area contributed by atoms with Crippen LogP contribution in [0.4, 0.5) is 11.4 Å². The Labute approximate surface area is 190 Å². The van der Waals surface area contributed by atoms with Crippen molar-refractivity contribution in [2.24, 2.45) is 5.92 Å². The molecule has 3 rings (SSSR count). The van der Waals surface area contributed by atoms with Crippen LogP contribution in [-0.4, -0.2) is 19.8 Å². The lowest BCUT2D eigenvalue weighted by Crippen LogP contribution is -2.24. The molecule has 1 aliphatic carbocycles. The van der Waals surface area contributed by atoms with Gasteiger partial charge in [0, 0.05) is 24.5 Å². The second-order valence-electron chi connectivity index (χ2n) is 9.20. The third kappa shape index (κ3) is 6.97. The monoisotopic (exact) mass is 419 g/mol. The highest BCUT2D eigenvalue weighted by molar-refractivity contribution is 5.70. The van der Waals surface area contributed by atoms with Crippen molar-refractivity contribution in [2.75, 3.05) is 24.7 Å². The Balaban J connectivity index is 1.53. The van der Waals surface area contributed by atoms with Crippen LogP contribution < -0.4 is 4.90 Å². The van der Waals surface area contributed by atoms with E-state index in [0.29, 0.717) is 0 Å². The highest BCUT2D eigenvalue weighted by atomic mass is 16.5. The molecule has 1 aliphatic rings. The van der Waals surface area contributed by atoms with E-state index in [2.05, 4.69) is 81.1 Å². The summed E-state index contributed by atoms with van der Waals surface area (Å²) in [5.74, 6) is 0.781. The van der Waals surface area contributed by atoms with E-state index in [1.54, 1.807) is 5.57 Å². The largest absolute Gasteiger partial charge is 0.380 e. The van der Waals surface area contributed by atoms with Gasteiger partial charge in [0.25, 0.3) is 0 Å². The third-order valence-electron chi connectivity index (χ3n) is 6.68. The summed E-state index contributed by atoms with van der Waals surface area (Å²) in [6.45, 7) is 11.4. The zero-order valence-electron chi connectivity index (χ0n) is 20.1. The molecule has 168 valence electrons. The Morgan fingerprint density at radius 1 is 0.968 bits per heavy atom. The molecule has 0 aliphatic heterocycles. The maximum atomic E-state index is 6.15. The summed E-state index contributed by atoms with van der Waals surface area (Å²) in [5, 5.41) is 0. The third-order valence-corrected chi connectivity index (χ3v) is 6.68. The van der Waals surface area contributed by atoms with Crippen molar-refractivity contribution in [3.05, 3.63) is 70.8 Å². The molecular weight excluding hydrogens is 378 g/mol. The predicted octanol–water partition coefficient (Wildman–Crippen LogP) is 8.07. The lowest BCUT2D eigenvalue weighted by atomic mass is 9.89. The Kier molecular flexibility index (Phi) is 9.21. The number of aryl methyl sites for hydroxylation is 3. The van der Waals surface area contributed by atoms with E-state index in [-0.39, 0.29) is 0 Å². The first-order valence-electron chi connectivity index (χ1n) is 12.2. The van der Waals surface area contributed by atoms with E-state index in [4.69, 9.17) is 4.74 Å². The number of para-hydroxylation sites is 1. The van der Waals surface area contributed by atoms with Crippen LogP contribution in [0.15, 0.2) is 54.1 Å². The van der Waals surface area contributed by atoms with Gasteiger partial charge >= 0.3 is 0 Å². The molecule has 1 fully saturated rings. The van der Waals surface area contributed by atoms with Crippen molar-refractivity contribution in [3.8, 4) is 0 Å². The molecule has 1 saturated carbocycles. The number of rotatable bonds is 12. The van der Waals surface area contributed by atoms with Crippen molar-refractivity contribution >= 4 is 11.4 Å². The number of allylic oxidation sites excluding steroid dienone is 2. The van der Waals surface area contributed by atoms with Gasteiger partial charge in [-0.15, -0.1) is 0 Å². The zero-order valence-corrected chi connectivity index (χ0v) is 20.1. The fourth-order valence-electron chi connectivity index (χ4n) is 4.74. The molecule has 0 spiro atoms. The van der Waals surface area contributed by atoms with Gasteiger partial charge in [-0.25, -0.2) is 0 Å². The summed E-state index contributed by atoms with van der Waals surface area (Å²) in [6, 6.07) is 15.3. The van der Waals surface area contributed by atoms with Crippen molar-refractivity contribution in [3.63, 3.8) is 0 Å². The van der Waals surface area contributed by atoms with Crippen LogP contribution in [0.1, 0.15) is 68.6 Å². The maximum absolute atomic E-state index is 6.15. The predicted molar refractivity (Wildman–Crippen MR) is 134 cm³/mol. The average molecular weight is 420 g/mol.